The van der Waals surface area contributed by atoms with Crippen LogP contribution in [0.15, 0.2) is 0 Å². The van der Waals surface area contributed by atoms with Gasteiger partial charge in [0.1, 0.15) is 0 Å². The van der Waals surface area contributed by atoms with Crippen LogP contribution in [0.4, 0.5) is 0 Å². The molecule has 1 rings (SSSR count). The van der Waals surface area contributed by atoms with E-state index in [1.165, 1.54) is 32.1 Å². The predicted molar refractivity (Wildman–Crippen MR) is 62.8 cm³/mol. The molecule has 0 bridgehead atoms. The van der Waals surface area contributed by atoms with Crippen LogP contribution in [-0.2, 0) is 4.79 Å². The molecule has 0 heterocycles. The average Bonchev–Trinajstić information content (AvgIpc) is 2.27. The molecule has 0 aliphatic heterocycles. The highest BCUT2D eigenvalue weighted by Gasteiger charge is 2.21. The van der Waals surface area contributed by atoms with Crippen molar-refractivity contribution in [3.8, 4) is 0 Å². The Kier molecular flexibility index (Phi) is 5.69. The minimum Gasteiger partial charge on any atom is -0.355 e. The summed E-state index contributed by atoms with van der Waals surface area (Å²) in [5.74, 6) is 0.171. The number of hydrogen-bond donors (Lipinski definition) is 1. The Bertz CT molecular complexity index is 188. The van der Waals surface area contributed by atoms with Gasteiger partial charge in [-0.3, -0.25) is 9.69 Å². The molecule has 0 aromatic heterocycles. The fraction of sp³-hybridized carbons (Fsp3) is 0.917. The van der Waals surface area contributed by atoms with Crippen molar-refractivity contribution in [2.45, 2.75) is 52.0 Å². The van der Waals surface area contributed by atoms with Crippen LogP contribution in [0.2, 0.25) is 0 Å². The number of carbonyl (C=O) groups excluding carboxylic acids is 1. The van der Waals surface area contributed by atoms with Gasteiger partial charge in [-0.2, -0.15) is 0 Å². The van der Waals surface area contributed by atoms with Gasteiger partial charge < -0.3 is 5.32 Å². The molecule has 0 saturated heterocycles. The summed E-state index contributed by atoms with van der Waals surface area (Å²) in [5, 5.41) is 2.87. The highest BCUT2D eigenvalue weighted by molar-refractivity contribution is 5.77. The molecule has 3 heteroatoms. The molecule has 0 spiro atoms. The van der Waals surface area contributed by atoms with Gasteiger partial charge in [0.05, 0.1) is 6.54 Å². The zero-order chi connectivity index (χ0) is 11.1. The molecule has 1 fully saturated rings. The largest absolute Gasteiger partial charge is 0.355 e. The Balaban J connectivity index is 2.36. The van der Waals surface area contributed by atoms with Gasteiger partial charge in [-0.1, -0.05) is 26.2 Å². The number of hydrogen-bond acceptors (Lipinski definition) is 2. The van der Waals surface area contributed by atoms with E-state index < -0.39 is 0 Å². The molecule has 1 aliphatic carbocycles. The number of carbonyl (C=O) groups is 1. The van der Waals surface area contributed by atoms with Crippen LogP contribution in [0.1, 0.15) is 46.0 Å². The van der Waals surface area contributed by atoms with Crippen molar-refractivity contribution in [3.63, 3.8) is 0 Å². The molecule has 1 saturated carbocycles. The maximum atomic E-state index is 11.5. The molecular formula is C12H24N2O. The van der Waals surface area contributed by atoms with Crippen LogP contribution in [0.5, 0.6) is 0 Å². The van der Waals surface area contributed by atoms with Crippen molar-refractivity contribution in [2.75, 3.05) is 19.6 Å². The van der Waals surface area contributed by atoms with Crippen LogP contribution >= 0.6 is 0 Å². The summed E-state index contributed by atoms with van der Waals surface area (Å²) >= 11 is 0. The number of amides is 1. The molecular weight excluding hydrogens is 188 g/mol. The molecule has 88 valence electrons. The Morgan fingerprint density at radius 1 is 1.27 bits per heavy atom. The first kappa shape index (κ1) is 12.5. The number of rotatable bonds is 5. The first-order chi connectivity index (χ1) is 7.27. The van der Waals surface area contributed by atoms with E-state index in [1.54, 1.807) is 0 Å². The fourth-order valence-corrected chi connectivity index (χ4v) is 2.38. The molecule has 0 unspecified atom stereocenters. The second-order valence-corrected chi connectivity index (χ2v) is 4.31. The summed E-state index contributed by atoms with van der Waals surface area (Å²) in [6.07, 6.45) is 6.57. The Labute approximate surface area is 93.2 Å². The third-order valence-corrected chi connectivity index (χ3v) is 3.22. The highest BCUT2D eigenvalue weighted by atomic mass is 16.2. The molecule has 0 atom stereocenters. The number of nitrogens with zero attached hydrogens (tertiary/aromatic N) is 1. The van der Waals surface area contributed by atoms with Gasteiger partial charge in [0.2, 0.25) is 5.91 Å². The van der Waals surface area contributed by atoms with Gasteiger partial charge in [0.25, 0.3) is 0 Å². The van der Waals surface area contributed by atoms with Crippen molar-refractivity contribution in [1.29, 1.82) is 0 Å². The average molecular weight is 212 g/mol. The van der Waals surface area contributed by atoms with Crippen LogP contribution in [0, 0.1) is 0 Å². The minimum atomic E-state index is 0.171. The van der Waals surface area contributed by atoms with E-state index in [1.807, 2.05) is 6.92 Å². The van der Waals surface area contributed by atoms with E-state index in [9.17, 15) is 4.79 Å². The van der Waals surface area contributed by atoms with Gasteiger partial charge >= 0.3 is 0 Å². The Morgan fingerprint density at radius 2 is 1.93 bits per heavy atom. The standard InChI is InChI=1S/C12H24N2O/c1-3-13-12(15)10-14(4-2)11-8-6-5-7-9-11/h11H,3-10H2,1-2H3,(H,13,15). The van der Waals surface area contributed by atoms with E-state index in [2.05, 4.69) is 17.1 Å². The van der Waals surface area contributed by atoms with Gasteiger partial charge in [-0.15, -0.1) is 0 Å². The third kappa shape index (κ3) is 4.20. The van der Waals surface area contributed by atoms with Crippen molar-refractivity contribution >= 4 is 5.91 Å². The lowest BCUT2D eigenvalue weighted by atomic mass is 9.94. The maximum absolute atomic E-state index is 11.5. The predicted octanol–water partition coefficient (Wildman–Crippen LogP) is 1.78. The quantitative estimate of drug-likeness (QED) is 0.753. The van der Waals surface area contributed by atoms with E-state index in [0.717, 1.165) is 13.1 Å². The SMILES string of the molecule is CCNC(=O)CN(CC)C1CCCCC1. The van der Waals surface area contributed by atoms with Gasteiger partial charge in [-0.05, 0) is 26.3 Å². The summed E-state index contributed by atoms with van der Waals surface area (Å²) in [7, 11) is 0. The van der Waals surface area contributed by atoms with Crippen LogP contribution < -0.4 is 5.32 Å². The molecule has 3 nitrogen and oxygen atoms in total. The van der Waals surface area contributed by atoms with Gasteiger partial charge in [0.15, 0.2) is 0 Å². The first-order valence-corrected chi connectivity index (χ1v) is 6.28. The van der Waals surface area contributed by atoms with Crippen LogP contribution in [-0.4, -0.2) is 36.5 Å². The lowest BCUT2D eigenvalue weighted by Crippen LogP contribution is -2.43. The summed E-state index contributed by atoms with van der Waals surface area (Å²) < 4.78 is 0. The van der Waals surface area contributed by atoms with Crippen LogP contribution in [0.25, 0.3) is 0 Å². The lowest BCUT2D eigenvalue weighted by Gasteiger charge is -2.32. The second kappa shape index (κ2) is 6.83. The zero-order valence-corrected chi connectivity index (χ0v) is 10.1. The first-order valence-electron chi connectivity index (χ1n) is 6.28. The smallest absolute Gasteiger partial charge is 0.234 e. The molecule has 1 amide bonds. The fourth-order valence-electron chi connectivity index (χ4n) is 2.38. The number of likely N-dealkylation sites (N-methyl/N-ethyl adjacent to an activating group) is 2. The lowest BCUT2D eigenvalue weighted by molar-refractivity contribution is -0.122. The van der Waals surface area contributed by atoms with Crippen molar-refractivity contribution < 1.29 is 4.79 Å². The summed E-state index contributed by atoms with van der Waals surface area (Å²) in [6.45, 7) is 6.42. The Hall–Kier alpha value is -0.570. The minimum absolute atomic E-state index is 0.171. The van der Waals surface area contributed by atoms with Crippen LogP contribution in [0.3, 0.4) is 0 Å². The topological polar surface area (TPSA) is 32.3 Å². The number of nitrogens with one attached hydrogen (secondary N) is 1. The normalized spacial score (nSPS) is 18.1. The van der Waals surface area contributed by atoms with E-state index >= 15 is 0 Å². The summed E-state index contributed by atoms with van der Waals surface area (Å²) in [5.41, 5.74) is 0. The summed E-state index contributed by atoms with van der Waals surface area (Å²) in [4.78, 5) is 13.8. The molecule has 15 heavy (non-hydrogen) atoms. The summed E-state index contributed by atoms with van der Waals surface area (Å²) in [6, 6.07) is 0.645. The van der Waals surface area contributed by atoms with Crippen molar-refractivity contribution in [3.05, 3.63) is 0 Å². The molecule has 1 N–H and O–H groups in total. The third-order valence-electron chi connectivity index (χ3n) is 3.22. The molecule has 0 radical (unpaired) electrons. The van der Waals surface area contributed by atoms with Gasteiger partial charge in [0, 0.05) is 12.6 Å². The molecule has 1 aliphatic rings. The van der Waals surface area contributed by atoms with Crippen molar-refractivity contribution in [2.24, 2.45) is 0 Å². The molecule has 0 aromatic carbocycles. The van der Waals surface area contributed by atoms with Crippen molar-refractivity contribution in [1.82, 2.24) is 10.2 Å². The van der Waals surface area contributed by atoms with E-state index in [0.29, 0.717) is 12.6 Å². The van der Waals surface area contributed by atoms with E-state index in [4.69, 9.17) is 0 Å². The zero-order valence-electron chi connectivity index (χ0n) is 10.1. The Morgan fingerprint density at radius 3 is 2.47 bits per heavy atom. The highest BCUT2D eigenvalue weighted by Crippen LogP contribution is 2.22. The second-order valence-electron chi connectivity index (χ2n) is 4.31. The van der Waals surface area contributed by atoms with Gasteiger partial charge in [-0.25, -0.2) is 0 Å². The molecule has 0 aromatic rings. The maximum Gasteiger partial charge on any atom is 0.234 e. The van der Waals surface area contributed by atoms with E-state index in [-0.39, 0.29) is 5.91 Å². The monoisotopic (exact) mass is 212 g/mol.